The molecule has 1 N–H and O–H groups in total. The maximum Gasteiger partial charge on any atom is 0.327 e. The zero-order valence-corrected chi connectivity index (χ0v) is 11.5. The molecule has 1 aromatic heterocycles. The minimum Gasteiger partial charge on any atom is -0.454 e. The highest BCUT2D eigenvalue weighted by Crippen LogP contribution is 2.34. The average Bonchev–Trinajstić information content (AvgIpc) is 3.04. The summed E-state index contributed by atoms with van der Waals surface area (Å²) in [6.45, 7) is 0.830. The number of likely N-dealkylation sites (N-methyl/N-ethyl adjacent to an activating group) is 1. The van der Waals surface area contributed by atoms with E-state index in [2.05, 4.69) is 5.32 Å². The van der Waals surface area contributed by atoms with Crippen LogP contribution in [-0.4, -0.2) is 23.0 Å². The monoisotopic (exact) mass is 275 g/mol. The summed E-state index contributed by atoms with van der Waals surface area (Å²) in [5.41, 5.74) is 1.04. The van der Waals surface area contributed by atoms with E-state index in [4.69, 9.17) is 9.47 Å². The normalized spacial score (nSPS) is 14.5. The molecule has 0 radical (unpaired) electrons. The van der Waals surface area contributed by atoms with E-state index in [-0.39, 0.29) is 18.5 Å². The summed E-state index contributed by atoms with van der Waals surface area (Å²) >= 11 is 0. The number of hydrogen-bond donors (Lipinski definition) is 1. The summed E-state index contributed by atoms with van der Waals surface area (Å²) in [6.07, 6.45) is 3.55. The first-order valence-electron chi connectivity index (χ1n) is 6.47. The largest absolute Gasteiger partial charge is 0.454 e. The number of aryl methyl sites for hydroxylation is 1. The molecule has 2 aromatic rings. The molecule has 2 heterocycles. The van der Waals surface area contributed by atoms with Crippen LogP contribution in [0.1, 0.15) is 11.6 Å². The summed E-state index contributed by atoms with van der Waals surface area (Å²) in [7, 11) is 3.62. The molecule has 1 aliphatic rings. The molecule has 0 saturated heterocycles. The van der Waals surface area contributed by atoms with E-state index < -0.39 is 0 Å². The molecule has 1 atom stereocenters. The molecule has 0 amide bonds. The van der Waals surface area contributed by atoms with Crippen LogP contribution in [0.25, 0.3) is 0 Å². The molecule has 3 rings (SSSR count). The van der Waals surface area contributed by atoms with Crippen molar-refractivity contribution in [2.45, 2.75) is 12.6 Å². The van der Waals surface area contributed by atoms with E-state index in [0.29, 0.717) is 6.54 Å². The third-order valence-electron chi connectivity index (χ3n) is 3.54. The summed E-state index contributed by atoms with van der Waals surface area (Å²) in [5, 5.41) is 3.23. The smallest absolute Gasteiger partial charge is 0.327 e. The molecule has 1 aromatic carbocycles. The van der Waals surface area contributed by atoms with E-state index in [0.717, 1.165) is 17.1 Å². The lowest BCUT2D eigenvalue weighted by atomic mass is 10.1. The molecule has 1 unspecified atom stereocenters. The highest BCUT2D eigenvalue weighted by molar-refractivity contribution is 5.45. The average molecular weight is 275 g/mol. The zero-order valence-electron chi connectivity index (χ0n) is 11.5. The Balaban J connectivity index is 1.86. The van der Waals surface area contributed by atoms with Gasteiger partial charge in [0.1, 0.15) is 0 Å². The molecule has 1 aliphatic heterocycles. The number of rotatable bonds is 4. The molecule has 0 bridgehead atoms. The third kappa shape index (κ3) is 2.18. The molecule has 0 fully saturated rings. The Labute approximate surface area is 116 Å². The summed E-state index contributed by atoms with van der Waals surface area (Å²) in [6, 6.07) is 5.88. The Morgan fingerprint density at radius 3 is 2.80 bits per heavy atom. The Morgan fingerprint density at radius 2 is 2.10 bits per heavy atom. The fraction of sp³-hybridized carbons (Fsp3) is 0.357. The maximum atomic E-state index is 11.9. The first-order valence-corrected chi connectivity index (χ1v) is 6.47. The molecule has 0 saturated carbocycles. The van der Waals surface area contributed by atoms with Gasteiger partial charge >= 0.3 is 5.69 Å². The van der Waals surface area contributed by atoms with Crippen LogP contribution in [0.15, 0.2) is 35.4 Å². The van der Waals surface area contributed by atoms with Crippen LogP contribution in [0.2, 0.25) is 0 Å². The van der Waals surface area contributed by atoms with Gasteiger partial charge in [-0.1, -0.05) is 6.07 Å². The van der Waals surface area contributed by atoms with Gasteiger partial charge in [-0.3, -0.25) is 4.57 Å². The highest BCUT2D eigenvalue weighted by Gasteiger charge is 2.18. The van der Waals surface area contributed by atoms with Crippen molar-refractivity contribution in [3.8, 4) is 11.5 Å². The summed E-state index contributed by atoms with van der Waals surface area (Å²) < 4.78 is 13.9. The van der Waals surface area contributed by atoms with E-state index >= 15 is 0 Å². The second kappa shape index (κ2) is 5.05. The number of hydrogen-bond acceptors (Lipinski definition) is 4. The van der Waals surface area contributed by atoms with Gasteiger partial charge in [0.2, 0.25) is 6.79 Å². The molecule has 0 aliphatic carbocycles. The molecule has 0 spiro atoms. The Hall–Kier alpha value is -2.21. The second-order valence-corrected chi connectivity index (χ2v) is 4.80. The highest BCUT2D eigenvalue weighted by atomic mass is 16.7. The molecular weight excluding hydrogens is 258 g/mol. The van der Waals surface area contributed by atoms with E-state index in [1.165, 1.54) is 0 Å². The van der Waals surface area contributed by atoms with Gasteiger partial charge in [0.25, 0.3) is 0 Å². The summed E-state index contributed by atoms with van der Waals surface area (Å²) in [4.78, 5) is 11.9. The standard InChI is InChI=1S/C14H17N3O3/c1-15-11(8-17-6-5-16(2)14(17)18)10-3-4-12-13(7-10)20-9-19-12/h3-7,11,15H,8-9H2,1-2H3. The Morgan fingerprint density at radius 1 is 1.30 bits per heavy atom. The van der Waals surface area contributed by atoms with Crippen molar-refractivity contribution < 1.29 is 9.47 Å². The quantitative estimate of drug-likeness (QED) is 0.900. The van der Waals surface area contributed by atoms with Gasteiger partial charge in [-0.05, 0) is 24.7 Å². The fourth-order valence-corrected chi connectivity index (χ4v) is 2.34. The van der Waals surface area contributed by atoms with E-state index in [1.54, 1.807) is 28.6 Å². The van der Waals surface area contributed by atoms with Gasteiger partial charge in [-0.25, -0.2) is 4.79 Å². The van der Waals surface area contributed by atoms with Crippen molar-refractivity contribution in [3.63, 3.8) is 0 Å². The first-order chi connectivity index (χ1) is 9.69. The van der Waals surface area contributed by atoms with E-state index in [9.17, 15) is 4.79 Å². The van der Waals surface area contributed by atoms with Crippen molar-refractivity contribution in [1.82, 2.24) is 14.5 Å². The van der Waals surface area contributed by atoms with Crippen molar-refractivity contribution >= 4 is 0 Å². The Bertz CT molecular complexity index is 675. The number of fused-ring (bicyclic) bond motifs is 1. The van der Waals surface area contributed by atoms with Crippen LogP contribution < -0.4 is 20.5 Å². The van der Waals surface area contributed by atoms with Gasteiger partial charge in [-0.2, -0.15) is 0 Å². The van der Waals surface area contributed by atoms with Gasteiger partial charge in [-0.15, -0.1) is 0 Å². The van der Waals surface area contributed by atoms with Crippen molar-refractivity contribution in [2.75, 3.05) is 13.8 Å². The number of benzene rings is 1. The van der Waals surface area contributed by atoms with Gasteiger partial charge in [0, 0.05) is 26.0 Å². The first kappa shape index (κ1) is 12.8. The maximum absolute atomic E-state index is 11.9. The molecule has 6 nitrogen and oxygen atoms in total. The fourth-order valence-electron chi connectivity index (χ4n) is 2.34. The lowest BCUT2D eigenvalue weighted by Gasteiger charge is -2.17. The zero-order chi connectivity index (χ0) is 14.1. The minimum absolute atomic E-state index is 0.0222. The van der Waals surface area contributed by atoms with Crippen LogP contribution in [0, 0.1) is 0 Å². The van der Waals surface area contributed by atoms with Crippen LogP contribution in [0.4, 0.5) is 0 Å². The predicted octanol–water partition coefficient (Wildman–Crippen LogP) is 0.876. The molecule has 20 heavy (non-hydrogen) atoms. The van der Waals surface area contributed by atoms with Crippen LogP contribution in [0.3, 0.4) is 0 Å². The number of imidazole rings is 1. The molecule has 6 heteroatoms. The number of aromatic nitrogens is 2. The summed E-state index contributed by atoms with van der Waals surface area (Å²) in [5.74, 6) is 1.52. The van der Waals surface area contributed by atoms with Crippen molar-refractivity contribution in [3.05, 3.63) is 46.6 Å². The van der Waals surface area contributed by atoms with Crippen LogP contribution >= 0.6 is 0 Å². The lowest BCUT2D eigenvalue weighted by Crippen LogP contribution is -2.29. The third-order valence-corrected chi connectivity index (χ3v) is 3.54. The molecule has 106 valence electrons. The number of nitrogens with zero attached hydrogens (tertiary/aromatic N) is 2. The van der Waals surface area contributed by atoms with Gasteiger partial charge in [0.05, 0.1) is 6.04 Å². The van der Waals surface area contributed by atoms with Gasteiger partial charge < -0.3 is 19.4 Å². The predicted molar refractivity (Wildman–Crippen MR) is 74.0 cm³/mol. The van der Waals surface area contributed by atoms with Crippen molar-refractivity contribution in [2.24, 2.45) is 7.05 Å². The van der Waals surface area contributed by atoms with Gasteiger partial charge in [0.15, 0.2) is 11.5 Å². The molecular formula is C14H17N3O3. The second-order valence-electron chi connectivity index (χ2n) is 4.80. The number of nitrogens with one attached hydrogen (secondary N) is 1. The van der Waals surface area contributed by atoms with Crippen LogP contribution in [-0.2, 0) is 13.6 Å². The topological polar surface area (TPSA) is 57.4 Å². The minimum atomic E-state index is -0.0222. The lowest BCUT2D eigenvalue weighted by molar-refractivity contribution is 0.174. The SMILES string of the molecule is CNC(Cn1ccn(C)c1=O)c1ccc2c(c1)OCO2. The number of ether oxygens (including phenoxy) is 2. The van der Waals surface area contributed by atoms with Crippen LogP contribution in [0.5, 0.6) is 11.5 Å². The van der Waals surface area contributed by atoms with E-state index in [1.807, 2.05) is 25.2 Å². The Kier molecular flexibility index (Phi) is 3.23. The van der Waals surface area contributed by atoms with Crippen molar-refractivity contribution in [1.29, 1.82) is 0 Å².